The number of nitrogens with zero attached hydrogens (tertiary/aromatic N) is 2. The number of methoxy groups -OCH3 is 1. The maximum absolute atomic E-state index is 12.9. The van der Waals surface area contributed by atoms with E-state index in [0.29, 0.717) is 5.13 Å². The Morgan fingerprint density at radius 3 is 2.50 bits per heavy atom. The molecule has 3 aromatic rings. The number of rotatable bonds is 4. The zero-order chi connectivity index (χ0) is 15.4. The Bertz CT molecular complexity index is 779. The van der Waals surface area contributed by atoms with Crippen molar-refractivity contribution in [1.29, 1.82) is 0 Å². The number of benzene rings is 2. The lowest BCUT2D eigenvalue weighted by molar-refractivity contribution is 0.415. The third-order valence-corrected chi connectivity index (χ3v) is 3.82. The van der Waals surface area contributed by atoms with Gasteiger partial charge in [-0.1, -0.05) is 0 Å². The lowest BCUT2D eigenvalue weighted by Gasteiger charge is -1.98. The second-order valence-electron chi connectivity index (χ2n) is 4.55. The molecule has 3 nitrogen and oxygen atoms in total. The molecule has 0 aliphatic carbocycles. The van der Waals surface area contributed by atoms with E-state index < -0.39 is 0 Å². The summed E-state index contributed by atoms with van der Waals surface area (Å²) in [6.45, 7) is 0. The summed E-state index contributed by atoms with van der Waals surface area (Å²) in [4.78, 5) is 8.80. The van der Waals surface area contributed by atoms with E-state index in [-0.39, 0.29) is 5.82 Å². The fourth-order valence-electron chi connectivity index (χ4n) is 1.90. The zero-order valence-electron chi connectivity index (χ0n) is 11.9. The minimum absolute atomic E-state index is 0.253. The maximum atomic E-state index is 12.9. The average Bonchev–Trinajstić information content (AvgIpc) is 3.03. The molecule has 0 aliphatic heterocycles. The van der Waals surface area contributed by atoms with E-state index in [1.165, 1.54) is 23.5 Å². The van der Waals surface area contributed by atoms with Crippen LogP contribution >= 0.6 is 11.3 Å². The highest BCUT2D eigenvalue weighted by Gasteiger charge is 2.03. The first-order chi connectivity index (χ1) is 10.7. The largest absolute Gasteiger partial charge is 0.497 e. The first kappa shape index (κ1) is 14.4. The average molecular weight is 312 g/mol. The van der Waals surface area contributed by atoms with Gasteiger partial charge in [0.1, 0.15) is 11.6 Å². The van der Waals surface area contributed by atoms with Gasteiger partial charge in [0.05, 0.1) is 12.8 Å². The molecule has 22 heavy (non-hydrogen) atoms. The van der Waals surface area contributed by atoms with Crippen molar-refractivity contribution >= 4 is 22.7 Å². The minimum Gasteiger partial charge on any atom is -0.497 e. The van der Waals surface area contributed by atoms with Crippen LogP contribution < -0.4 is 4.74 Å². The van der Waals surface area contributed by atoms with Gasteiger partial charge >= 0.3 is 0 Å². The van der Waals surface area contributed by atoms with E-state index in [4.69, 9.17) is 4.74 Å². The van der Waals surface area contributed by atoms with Crippen molar-refractivity contribution in [3.8, 4) is 17.0 Å². The lowest BCUT2D eigenvalue weighted by Crippen LogP contribution is -1.84. The van der Waals surface area contributed by atoms with Crippen LogP contribution in [0.3, 0.4) is 0 Å². The molecule has 0 radical (unpaired) electrons. The molecule has 0 bridgehead atoms. The van der Waals surface area contributed by atoms with Crippen molar-refractivity contribution in [2.75, 3.05) is 7.11 Å². The monoisotopic (exact) mass is 312 g/mol. The molecule has 5 heteroatoms. The standard InChI is InChI=1S/C17H13FN2OS/c1-21-15-8-2-12(3-9-15)10-19-17-20-16(11-22-17)13-4-6-14(18)7-5-13/h2-11H,1H3/b19-10+. The predicted octanol–water partition coefficient (Wildman–Crippen LogP) is 4.71. The van der Waals surface area contributed by atoms with Crippen molar-refractivity contribution in [3.05, 3.63) is 65.3 Å². The van der Waals surface area contributed by atoms with E-state index >= 15 is 0 Å². The molecular weight excluding hydrogens is 299 g/mol. The third-order valence-electron chi connectivity index (χ3n) is 3.07. The van der Waals surface area contributed by atoms with Crippen molar-refractivity contribution in [1.82, 2.24) is 4.98 Å². The van der Waals surface area contributed by atoms with Crippen molar-refractivity contribution < 1.29 is 9.13 Å². The van der Waals surface area contributed by atoms with Gasteiger partial charge in [-0.3, -0.25) is 0 Å². The molecule has 1 heterocycles. The summed E-state index contributed by atoms with van der Waals surface area (Å²) < 4.78 is 18.0. The molecule has 0 N–H and O–H groups in total. The SMILES string of the molecule is COc1ccc(/C=N/c2nc(-c3ccc(F)cc3)cs2)cc1. The Kier molecular flexibility index (Phi) is 4.25. The molecule has 0 saturated carbocycles. The first-order valence-corrected chi connectivity index (χ1v) is 7.52. The van der Waals surface area contributed by atoms with Gasteiger partial charge in [-0.05, 0) is 54.1 Å². The number of thiazole rings is 1. The van der Waals surface area contributed by atoms with Crippen LogP contribution in [-0.4, -0.2) is 18.3 Å². The Morgan fingerprint density at radius 2 is 1.82 bits per heavy atom. The Labute approximate surface area is 131 Å². The fraction of sp³-hybridized carbons (Fsp3) is 0.0588. The molecule has 0 spiro atoms. The normalized spacial score (nSPS) is 11.0. The number of ether oxygens (including phenoxy) is 1. The fourth-order valence-corrected chi connectivity index (χ4v) is 2.57. The number of aliphatic imine (C=N–C) groups is 1. The number of hydrogen-bond donors (Lipinski definition) is 0. The van der Waals surface area contributed by atoms with Gasteiger partial charge in [0, 0.05) is 17.2 Å². The summed E-state index contributed by atoms with van der Waals surface area (Å²) in [5.74, 6) is 0.557. The molecule has 0 atom stereocenters. The highest BCUT2D eigenvalue weighted by molar-refractivity contribution is 7.13. The molecule has 0 fully saturated rings. The smallest absolute Gasteiger partial charge is 0.209 e. The van der Waals surface area contributed by atoms with E-state index in [0.717, 1.165) is 22.6 Å². The maximum Gasteiger partial charge on any atom is 0.209 e. The van der Waals surface area contributed by atoms with Crippen LogP contribution in [0.25, 0.3) is 11.3 Å². The van der Waals surface area contributed by atoms with Crippen molar-refractivity contribution in [3.63, 3.8) is 0 Å². The summed E-state index contributed by atoms with van der Waals surface area (Å²) in [6.07, 6.45) is 1.76. The van der Waals surface area contributed by atoms with Gasteiger partial charge in [-0.25, -0.2) is 14.4 Å². The van der Waals surface area contributed by atoms with Crippen LogP contribution in [0.4, 0.5) is 9.52 Å². The Hall–Kier alpha value is -2.53. The number of halogens is 1. The number of hydrogen-bond acceptors (Lipinski definition) is 4. The number of aromatic nitrogens is 1. The van der Waals surface area contributed by atoms with Crippen LogP contribution in [0.2, 0.25) is 0 Å². The van der Waals surface area contributed by atoms with Crippen LogP contribution in [0, 0.1) is 5.82 Å². The lowest BCUT2D eigenvalue weighted by atomic mass is 10.2. The van der Waals surface area contributed by atoms with Crippen LogP contribution in [0.5, 0.6) is 5.75 Å². The summed E-state index contributed by atoms with van der Waals surface area (Å²) in [6, 6.07) is 13.9. The molecule has 110 valence electrons. The van der Waals surface area contributed by atoms with Crippen LogP contribution in [0.15, 0.2) is 58.9 Å². The quantitative estimate of drug-likeness (QED) is 0.654. The molecule has 0 unspecified atom stereocenters. The minimum atomic E-state index is -0.253. The van der Waals surface area contributed by atoms with Crippen LogP contribution in [0.1, 0.15) is 5.56 Å². The van der Waals surface area contributed by atoms with E-state index in [2.05, 4.69) is 9.98 Å². The highest BCUT2D eigenvalue weighted by Crippen LogP contribution is 2.26. The zero-order valence-corrected chi connectivity index (χ0v) is 12.7. The van der Waals surface area contributed by atoms with E-state index in [1.807, 2.05) is 29.6 Å². The Morgan fingerprint density at radius 1 is 1.09 bits per heavy atom. The molecule has 2 aromatic carbocycles. The second kappa shape index (κ2) is 6.49. The van der Waals surface area contributed by atoms with Gasteiger partial charge in [0.15, 0.2) is 0 Å². The second-order valence-corrected chi connectivity index (χ2v) is 5.39. The summed E-state index contributed by atoms with van der Waals surface area (Å²) in [7, 11) is 1.63. The van der Waals surface area contributed by atoms with Gasteiger partial charge in [-0.2, -0.15) is 0 Å². The predicted molar refractivity (Wildman–Crippen MR) is 87.8 cm³/mol. The summed E-state index contributed by atoms with van der Waals surface area (Å²) >= 11 is 1.45. The third kappa shape index (κ3) is 3.38. The van der Waals surface area contributed by atoms with Crippen molar-refractivity contribution in [2.45, 2.75) is 0 Å². The van der Waals surface area contributed by atoms with Gasteiger partial charge < -0.3 is 4.74 Å². The summed E-state index contributed by atoms with van der Waals surface area (Å²) in [5, 5.41) is 2.57. The van der Waals surface area contributed by atoms with Crippen LogP contribution in [-0.2, 0) is 0 Å². The highest BCUT2D eigenvalue weighted by atomic mass is 32.1. The first-order valence-electron chi connectivity index (χ1n) is 6.64. The van der Waals surface area contributed by atoms with E-state index in [9.17, 15) is 4.39 Å². The van der Waals surface area contributed by atoms with Gasteiger partial charge in [0.2, 0.25) is 5.13 Å². The molecule has 1 aromatic heterocycles. The van der Waals surface area contributed by atoms with Crippen molar-refractivity contribution in [2.24, 2.45) is 4.99 Å². The molecule has 0 saturated heterocycles. The molecule has 0 aliphatic rings. The van der Waals surface area contributed by atoms with Gasteiger partial charge in [0.25, 0.3) is 0 Å². The summed E-state index contributed by atoms with van der Waals surface area (Å²) in [5.41, 5.74) is 2.65. The van der Waals surface area contributed by atoms with Gasteiger partial charge in [-0.15, -0.1) is 11.3 Å². The molecule has 3 rings (SSSR count). The topological polar surface area (TPSA) is 34.5 Å². The molecule has 0 amide bonds. The van der Waals surface area contributed by atoms with E-state index in [1.54, 1.807) is 25.5 Å². The molecular formula is C17H13FN2OS. The Balaban J connectivity index is 1.75.